The van der Waals surface area contributed by atoms with Crippen molar-refractivity contribution in [3.8, 4) is 0 Å². The lowest BCUT2D eigenvalue weighted by molar-refractivity contribution is -0.137. The Morgan fingerprint density at radius 2 is 1.67 bits per heavy atom. The third-order valence-corrected chi connectivity index (χ3v) is 5.65. The van der Waals surface area contributed by atoms with E-state index in [9.17, 15) is 9.90 Å². The Kier molecular flexibility index (Phi) is 11.8. The fraction of sp³-hybridized carbons (Fsp3) is 0.750. The number of thiophene rings is 1. The highest BCUT2D eigenvalue weighted by molar-refractivity contribution is 7.12. The van der Waals surface area contributed by atoms with Crippen molar-refractivity contribution in [2.75, 3.05) is 0 Å². The van der Waals surface area contributed by atoms with Crippen LogP contribution in [-0.4, -0.2) is 16.2 Å². The lowest BCUT2D eigenvalue weighted by Crippen LogP contribution is -1.97. The first kappa shape index (κ1) is 21.2. The second-order valence-electron chi connectivity index (χ2n) is 6.68. The van der Waals surface area contributed by atoms with Gasteiger partial charge in [0.25, 0.3) is 0 Å². The summed E-state index contributed by atoms with van der Waals surface area (Å²) in [7, 11) is 0. The minimum absolute atomic E-state index is 0.195. The molecule has 0 bridgehead atoms. The van der Waals surface area contributed by atoms with Gasteiger partial charge in [0.2, 0.25) is 0 Å². The Bertz CT molecular complexity index is 442. The summed E-state index contributed by atoms with van der Waals surface area (Å²) in [5, 5.41) is 18.8. The number of aliphatic carboxylic acids is 1. The summed E-state index contributed by atoms with van der Waals surface area (Å²) in [5.41, 5.74) is 0. The quantitative estimate of drug-likeness (QED) is 0.374. The normalized spacial score (nSPS) is 12.4. The monoisotopic (exact) mass is 354 g/mol. The van der Waals surface area contributed by atoms with Gasteiger partial charge in [0, 0.05) is 16.2 Å². The Morgan fingerprint density at radius 3 is 2.33 bits per heavy atom. The van der Waals surface area contributed by atoms with Gasteiger partial charge in [-0.05, 0) is 44.2 Å². The topological polar surface area (TPSA) is 57.5 Å². The van der Waals surface area contributed by atoms with Crippen LogP contribution in [0.3, 0.4) is 0 Å². The van der Waals surface area contributed by atoms with E-state index in [4.69, 9.17) is 5.11 Å². The molecule has 1 heterocycles. The predicted molar refractivity (Wildman–Crippen MR) is 102 cm³/mol. The van der Waals surface area contributed by atoms with Crippen molar-refractivity contribution in [3.05, 3.63) is 21.9 Å². The molecule has 0 aliphatic rings. The maximum atomic E-state index is 10.5. The zero-order valence-electron chi connectivity index (χ0n) is 15.1. The fourth-order valence-electron chi connectivity index (χ4n) is 2.90. The van der Waals surface area contributed by atoms with E-state index in [0.29, 0.717) is 12.8 Å². The van der Waals surface area contributed by atoms with E-state index in [0.717, 1.165) is 17.7 Å². The molecule has 0 radical (unpaired) electrons. The molecule has 1 aromatic heterocycles. The number of carboxylic acids is 1. The Morgan fingerprint density at radius 1 is 1.00 bits per heavy atom. The van der Waals surface area contributed by atoms with E-state index in [1.54, 1.807) is 11.3 Å². The van der Waals surface area contributed by atoms with Crippen molar-refractivity contribution < 1.29 is 15.0 Å². The molecule has 2 N–H and O–H groups in total. The van der Waals surface area contributed by atoms with Crippen LogP contribution in [0.15, 0.2) is 12.1 Å². The van der Waals surface area contributed by atoms with Gasteiger partial charge in [-0.2, -0.15) is 0 Å². The molecule has 0 saturated heterocycles. The van der Waals surface area contributed by atoms with Gasteiger partial charge in [0.15, 0.2) is 0 Å². The van der Waals surface area contributed by atoms with E-state index in [1.165, 1.54) is 56.2 Å². The summed E-state index contributed by atoms with van der Waals surface area (Å²) in [4.78, 5) is 12.9. The van der Waals surface area contributed by atoms with Gasteiger partial charge in [-0.25, -0.2) is 0 Å². The number of unbranched alkanes of at least 4 members (excludes halogenated alkanes) is 8. The number of aliphatic hydroxyl groups is 1. The van der Waals surface area contributed by atoms with Crippen LogP contribution in [0.2, 0.25) is 0 Å². The summed E-state index contributed by atoms with van der Waals surface area (Å²) in [6.45, 7) is 2.25. The average Bonchev–Trinajstić information content (AvgIpc) is 3.02. The Hall–Kier alpha value is -0.870. The largest absolute Gasteiger partial charge is 0.481 e. The van der Waals surface area contributed by atoms with Gasteiger partial charge < -0.3 is 10.2 Å². The maximum Gasteiger partial charge on any atom is 0.303 e. The Balaban J connectivity index is 2.10. The minimum Gasteiger partial charge on any atom is -0.481 e. The number of carbonyl (C=O) groups is 1. The summed E-state index contributed by atoms with van der Waals surface area (Å²) in [6, 6.07) is 4.17. The van der Waals surface area contributed by atoms with E-state index in [1.807, 2.05) is 6.07 Å². The summed E-state index contributed by atoms with van der Waals surface area (Å²) < 4.78 is 0. The number of hydrogen-bond acceptors (Lipinski definition) is 3. The first-order valence-corrected chi connectivity index (χ1v) is 10.4. The van der Waals surface area contributed by atoms with Crippen molar-refractivity contribution in [1.82, 2.24) is 0 Å². The third kappa shape index (κ3) is 10.1. The highest BCUT2D eigenvalue weighted by atomic mass is 32.1. The molecule has 0 saturated carbocycles. The number of hydrogen-bond donors (Lipinski definition) is 2. The number of carboxylic acid groups (broad SMARTS) is 1. The zero-order chi connectivity index (χ0) is 17.6. The molecule has 0 aromatic carbocycles. The van der Waals surface area contributed by atoms with Crippen molar-refractivity contribution in [2.45, 2.75) is 96.5 Å². The molecule has 1 rings (SSSR count). The van der Waals surface area contributed by atoms with Crippen LogP contribution in [0.5, 0.6) is 0 Å². The SMILES string of the molecule is CCCCCCCCCCc1ccc(C(O)CCCCC(=O)O)s1. The zero-order valence-corrected chi connectivity index (χ0v) is 16.0. The molecule has 0 aliphatic carbocycles. The van der Waals surface area contributed by atoms with E-state index in [-0.39, 0.29) is 6.42 Å². The average molecular weight is 355 g/mol. The first-order valence-electron chi connectivity index (χ1n) is 9.62. The van der Waals surface area contributed by atoms with Crippen molar-refractivity contribution in [2.24, 2.45) is 0 Å². The number of aliphatic hydroxyl groups excluding tert-OH is 1. The molecule has 3 nitrogen and oxygen atoms in total. The van der Waals surface area contributed by atoms with Gasteiger partial charge >= 0.3 is 5.97 Å². The van der Waals surface area contributed by atoms with Crippen molar-refractivity contribution in [3.63, 3.8) is 0 Å². The summed E-state index contributed by atoms with van der Waals surface area (Å²) in [5.74, 6) is -0.756. The van der Waals surface area contributed by atoms with E-state index >= 15 is 0 Å². The predicted octanol–water partition coefficient (Wildman–Crippen LogP) is 6.11. The van der Waals surface area contributed by atoms with Crippen LogP contribution in [0, 0.1) is 0 Å². The molecule has 138 valence electrons. The van der Waals surface area contributed by atoms with E-state index in [2.05, 4.69) is 13.0 Å². The molecular weight excluding hydrogens is 320 g/mol. The molecule has 0 amide bonds. The highest BCUT2D eigenvalue weighted by Gasteiger charge is 2.10. The minimum atomic E-state index is -0.756. The smallest absolute Gasteiger partial charge is 0.303 e. The standard InChI is InChI=1S/C20H34O3S/c1-2-3-4-5-6-7-8-9-12-17-15-16-19(24-17)18(21)13-10-11-14-20(22)23/h15-16,18,21H,2-14H2,1H3,(H,22,23). The first-order chi connectivity index (χ1) is 11.6. The van der Waals surface area contributed by atoms with Crippen LogP contribution >= 0.6 is 11.3 Å². The lowest BCUT2D eigenvalue weighted by atomic mass is 10.1. The maximum absolute atomic E-state index is 10.5. The van der Waals surface area contributed by atoms with Crippen molar-refractivity contribution >= 4 is 17.3 Å². The molecule has 24 heavy (non-hydrogen) atoms. The van der Waals surface area contributed by atoms with Crippen LogP contribution in [0.4, 0.5) is 0 Å². The van der Waals surface area contributed by atoms with Gasteiger partial charge in [0.05, 0.1) is 6.10 Å². The fourth-order valence-corrected chi connectivity index (χ4v) is 3.97. The molecule has 0 spiro atoms. The molecule has 4 heteroatoms. The molecular formula is C20H34O3S. The summed E-state index contributed by atoms with van der Waals surface area (Å²) >= 11 is 1.71. The highest BCUT2D eigenvalue weighted by Crippen LogP contribution is 2.28. The van der Waals surface area contributed by atoms with Crippen molar-refractivity contribution in [1.29, 1.82) is 0 Å². The van der Waals surface area contributed by atoms with Crippen LogP contribution in [0.1, 0.15) is 99.8 Å². The second kappa shape index (κ2) is 13.4. The summed E-state index contributed by atoms with van der Waals surface area (Å²) in [6.07, 6.45) is 13.6. The van der Waals surface area contributed by atoms with Gasteiger partial charge in [-0.1, -0.05) is 51.9 Å². The molecule has 1 unspecified atom stereocenters. The molecule has 0 fully saturated rings. The van der Waals surface area contributed by atoms with Gasteiger partial charge in [-0.15, -0.1) is 11.3 Å². The van der Waals surface area contributed by atoms with Crippen LogP contribution in [-0.2, 0) is 11.2 Å². The van der Waals surface area contributed by atoms with Gasteiger partial charge in [0.1, 0.15) is 0 Å². The van der Waals surface area contributed by atoms with E-state index < -0.39 is 12.1 Å². The molecule has 1 atom stereocenters. The third-order valence-electron chi connectivity index (χ3n) is 4.41. The Labute approximate surface area is 151 Å². The van der Waals surface area contributed by atoms with Crippen LogP contribution < -0.4 is 0 Å². The molecule has 1 aromatic rings. The second-order valence-corrected chi connectivity index (χ2v) is 7.88. The lowest BCUT2D eigenvalue weighted by Gasteiger charge is -2.07. The van der Waals surface area contributed by atoms with Crippen LogP contribution in [0.25, 0.3) is 0 Å². The number of rotatable bonds is 15. The molecule has 0 aliphatic heterocycles. The van der Waals surface area contributed by atoms with Gasteiger partial charge in [-0.3, -0.25) is 4.79 Å². The number of aryl methyl sites for hydroxylation is 1.